The molecule has 0 aromatic heterocycles. The van der Waals surface area contributed by atoms with E-state index in [9.17, 15) is 9.59 Å². The molecule has 1 rings (SSSR count). The highest BCUT2D eigenvalue weighted by atomic mass is 16.6. The second-order valence-electron chi connectivity index (χ2n) is 6.03. The van der Waals surface area contributed by atoms with Crippen molar-refractivity contribution in [2.24, 2.45) is 0 Å². The lowest BCUT2D eigenvalue weighted by molar-refractivity contribution is -0.160. The Morgan fingerprint density at radius 2 is 1.94 bits per heavy atom. The summed E-state index contributed by atoms with van der Waals surface area (Å²) in [7, 11) is 0. The number of carboxylic acids is 1. The zero-order valence-corrected chi connectivity index (χ0v) is 11.5. The van der Waals surface area contributed by atoms with Crippen LogP contribution < -0.4 is 0 Å². The van der Waals surface area contributed by atoms with Gasteiger partial charge in [0.25, 0.3) is 0 Å². The Balaban J connectivity index is 2.85. The molecule has 1 atom stereocenters. The van der Waals surface area contributed by atoms with Crippen molar-refractivity contribution < 1.29 is 24.2 Å². The molecule has 0 bridgehead atoms. The number of carbonyl (C=O) groups is 2. The number of nitrogens with zero attached hydrogens (tertiary/aromatic N) is 1. The number of rotatable bonds is 1. The molecule has 0 saturated carbocycles. The molecule has 1 N–H and O–H groups in total. The van der Waals surface area contributed by atoms with Crippen LogP contribution in [0.25, 0.3) is 0 Å². The van der Waals surface area contributed by atoms with Gasteiger partial charge in [0.1, 0.15) is 5.60 Å². The first kappa shape index (κ1) is 14.8. The van der Waals surface area contributed by atoms with Crippen molar-refractivity contribution in [2.75, 3.05) is 13.2 Å². The number of hydrogen-bond acceptors (Lipinski definition) is 4. The van der Waals surface area contributed by atoms with Crippen molar-refractivity contribution in [3.8, 4) is 0 Å². The molecule has 0 unspecified atom stereocenters. The molecule has 18 heavy (non-hydrogen) atoms. The van der Waals surface area contributed by atoms with Gasteiger partial charge < -0.3 is 14.6 Å². The molecule has 0 aliphatic carbocycles. The lowest BCUT2D eigenvalue weighted by Gasteiger charge is -2.41. The molecule has 1 heterocycles. The van der Waals surface area contributed by atoms with Gasteiger partial charge in [0.05, 0.1) is 18.8 Å². The fraction of sp³-hybridized carbons (Fsp3) is 0.833. The molecule has 1 amide bonds. The largest absolute Gasteiger partial charge is 0.480 e. The lowest BCUT2D eigenvalue weighted by Crippen LogP contribution is -2.59. The predicted octanol–water partition coefficient (Wildman–Crippen LogP) is 1.49. The minimum Gasteiger partial charge on any atom is -0.480 e. The summed E-state index contributed by atoms with van der Waals surface area (Å²) in [6.07, 6.45) is -0.619. The molecule has 0 spiro atoms. The Bertz CT molecular complexity index is 345. The normalized spacial score (nSPS) is 23.6. The van der Waals surface area contributed by atoms with Crippen LogP contribution >= 0.6 is 0 Å². The Kier molecular flexibility index (Phi) is 3.90. The summed E-state index contributed by atoms with van der Waals surface area (Å²) < 4.78 is 10.6. The summed E-state index contributed by atoms with van der Waals surface area (Å²) in [5.41, 5.74) is -1.22. The van der Waals surface area contributed by atoms with E-state index in [0.717, 1.165) is 0 Å². The monoisotopic (exact) mass is 259 g/mol. The standard InChI is InChI=1S/C12H21NO5/c1-11(2,3)18-10(16)13-7-12(4,5)17-6-8(13)9(14)15/h8H,6-7H2,1-5H3,(H,14,15)/t8-/m0/s1. The van der Waals surface area contributed by atoms with Crippen molar-refractivity contribution in [3.05, 3.63) is 0 Å². The lowest BCUT2D eigenvalue weighted by atomic mass is 10.0. The van der Waals surface area contributed by atoms with Gasteiger partial charge in [-0.2, -0.15) is 0 Å². The average Bonchev–Trinajstić information content (AvgIpc) is 2.12. The van der Waals surface area contributed by atoms with E-state index in [-0.39, 0.29) is 13.2 Å². The van der Waals surface area contributed by atoms with Gasteiger partial charge in [0, 0.05) is 0 Å². The van der Waals surface area contributed by atoms with E-state index in [1.165, 1.54) is 4.90 Å². The Labute approximate surface area is 107 Å². The van der Waals surface area contributed by atoms with Crippen LogP contribution in [-0.4, -0.2) is 52.5 Å². The zero-order chi connectivity index (χ0) is 14.1. The number of amides is 1. The van der Waals surface area contributed by atoms with Gasteiger partial charge in [0.15, 0.2) is 6.04 Å². The second kappa shape index (κ2) is 4.76. The van der Waals surface area contributed by atoms with Crippen molar-refractivity contribution >= 4 is 12.1 Å². The maximum Gasteiger partial charge on any atom is 0.411 e. The third-order valence-electron chi connectivity index (χ3n) is 2.47. The highest BCUT2D eigenvalue weighted by Crippen LogP contribution is 2.23. The van der Waals surface area contributed by atoms with E-state index in [0.29, 0.717) is 0 Å². The Hall–Kier alpha value is -1.30. The third kappa shape index (κ3) is 3.87. The molecule has 104 valence electrons. The summed E-state index contributed by atoms with van der Waals surface area (Å²) in [5.74, 6) is -1.09. The van der Waals surface area contributed by atoms with Crippen LogP contribution in [0.4, 0.5) is 4.79 Å². The van der Waals surface area contributed by atoms with Crippen molar-refractivity contribution in [2.45, 2.75) is 51.9 Å². The molecular weight excluding hydrogens is 238 g/mol. The highest BCUT2D eigenvalue weighted by molar-refractivity contribution is 5.80. The first-order valence-electron chi connectivity index (χ1n) is 5.88. The Morgan fingerprint density at radius 3 is 2.39 bits per heavy atom. The summed E-state index contributed by atoms with van der Waals surface area (Å²) in [4.78, 5) is 24.3. The number of hydrogen-bond donors (Lipinski definition) is 1. The van der Waals surface area contributed by atoms with Crippen LogP contribution in [0.3, 0.4) is 0 Å². The minimum absolute atomic E-state index is 0.0262. The molecule has 1 aliphatic rings. The van der Waals surface area contributed by atoms with Gasteiger partial charge >= 0.3 is 12.1 Å². The fourth-order valence-electron chi connectivity index (χ4n) is 1.68. The number of carbonyl (C=O) groups excluding carboxylic acids is 1. The molecule has 1 fully saturated rings. The minimum atomic E-state index is -1.09. The SMILES string of the molecule is CC(C)(C)OC(=O)N1CC(C)(C)OC[C@H]1C(=O)O. The summed E-state index contributed by atoms with van der Waals surface area (Å²) in [5, 5.41) is 9.10. The van der Waals surface area contributed by atoms with Crippen molar-refractivity contribution in [1.29, 1.82) is 0 Å². The molecule has 0 radical (unpaired) electrons. The van der Waals surface area contributed by atoms with Gasteiger partial charge in [-0.3, -0.25) is 4.90 Å². The first-order valence-corrected chi connectivity index (χ1v) is 5.88. The molecule has 1 aliphatic heterocycles. The summed E-state index contributed by atoms with van der Waals surface area (Å²) in [6, 6.07) is -0.993. The van der Waals surface area contributed by atoms with Gasteiger partial charge in [0.2, 0.25) is 0 Å². The first-order chi connectivity index (χ1) is 8.02. The number of aliphatic carboxylic acids is 1. The number of ether oxygens (including phenoxy) is 2. The third-order valence-corrected chi connectivity index (χ3v) is 2.47. The van der Waals surface area contributed by atoms with E-state index >= 15 is 0 Å². The summed E-state index contributed by atoms with van der Waals surface area (Å²) >= 11 is 0. The van der Waals surface area contributed by atoms with Crippen LogP contribution in [0, 0.1) is 0 Å². The van der Waals surface area contributed by atoms with Crippen molar-refractivity contribution in [3.63, 3.8) is 0 Å². The van der Waals surface area contributed by atoms with Gasteiger partial charge in [-0.25, -0.2) is 9.59 Å². The van der Waals surface area contributed by atoms with E-state index in [1.54, 1.807) is 20.8 Å². The average molecular weight is 259 g/mol. The van der Waals surface area contributed by atoms with Crippen LogP contribution in [0.2, 0.25) is 0 Å². The summed E-state index contributed by atoms with van der Waals surface area (Å²) in [6.45, 7) is 9.01. The van der Waals surface area contributed by atoms with Crippen LogP contribution in [-0.2, 0) is 14.3 Å². The topological polar surface area (TPSA) is 76.1 Å². The van der Waals surface area contributed by atoms with E-state index in [2.05, 4.69) is 0 Å². The van der Waals surface area contributed by atoms with Gasteiger partial charge in [-0.15, -0.1) is 0 Å². The Morgan fingerprint density at radius 1 is 1.39 bits per heavy atom. The van der Waals surface area contributed by atoms with Gasteiger partial charge in [-0.05, 0) is 34.6 Å². The zero-order valence-electron chi connectivity index (χ0n) is 11.5. The maximum atomic E-state index is 12.0. The number of carboxylic acid groups (broad SMARTS) is 1. The van der Waals surface area contributed by atoms with Crippen molar-refractivity contribution in [1.82, 2.24) is 4.90 Å². The molecule has 0 aromatic rings. The van der Waals surface area contributed by atoms with Gasteiger partial charge in [-0.1, -0.05) is 0 Å². The van der Waals surface area contributed by atoms with E-state index < -0.39 is 29.3 Å². The molecule has 1 saturated heterocycles. The second-order valence-corrected chi connectivity index (χ2v) is 6.03. The van der Waals surface area contributed by atoms with Crippen LogP contribution in [0.5, 0.6) is 0 Å². The fourth-order valence-corrected chi connectivity index (χ4v) is 1.68. The quantitative estimate of drug-likeness (QED) is 0.772. The smallest absolute Gasteiger partial charge is 0.411 e. The van der Waals surface area contributed by atoms with E-state index in [4.69, 9.17) is 14.6 Å². The maximum absolute atomic E-state index is 12.0. The molecule has 6 heteroatoms. The van der Waals surface area contributed by atoms with Crippen LogP contribution in [0.15, 0.2) is 0 Å². The number of morpholine rings is 1. The molecule has 6 nitrogen and oxygen atoms in total. The molecule has 0 aromatic carbocycles. The van der Waals surface area contributed by atoms with Crippen LogP contribution in [0.1, 0.15) is 34.6 Å². The van der Waals surface area contributed by atoms with E-state index in [1.807, 2.05) is 13.8 Å². The predicted molar refractivity (Wildman–Crippen MR) is 64.4 cm³/mol. The molecular formula is C12H21NO5. The highest BCUT2D eigenvalue weighted by Gasteiger charge is 2.41.